The van der Waals surface area contributed by atoms with E-state index in [0.29, 0.717) is 39.8 Å². The summed E-state index contributed by atoms with van der Waals surface area (Å²) in [4.78, 5) is 8.34. The van der Waals surface area contributed by atoms with Crippen LogP contribution in [-0.4, -0.2) is 28.2 Å². The molecule has 0 saturated heterocycles. The Morgan fingerprint density at radius 1 is 1.10 bits per heavy atom. The van der Waals surface area contributed by atoms with E-state index in [-0.39, 0.29) is 6.61 Å². The highest BCUT2D eigenvalue weighted by Gasteiger charge is 2.09. The van der Waals surface area contributed by atoms with E-state index in [2.05, 4.69) is 15.3 Å². The minimum absolute atomic E-state index is 0.0124. The highest BCUT2D eigenvalue weighted by atomic mass is 35.5. The summed E-state index contributed by atoms with van der Waals surface area (Å²) >= 11 is 18.2. The lowest BCUT2D eigenvalue weighted by molar-refractivity contribution is 0.311. The Labute approximate surface area is 131 Å². The molecule has 0 atom stereocenters. The van der Waals surface area contributed by atoms with Gasteiger partial charge in [-0.1, -0.05) is 40.9 Å². The van der Waals surface area contributed by atoms with Crippen LogP contribution in [0.5, 0.6) is 0 Å². The summed E-state index contributed by atoms with van der Waals surface area (Å²) in [6.45, 7) is 0.341. The van der Waals surface area contributed by atoms with E-state index < -0.39 is 0 Å². The summed E-state index contributed by atoms with van der Waals surface area (Å²) in [6, 6.07) is 6.99. The average Bonchev–Trinajstić information content (AvgIpc) is 2.40. The molecule has 2 aromatic rings. The minimum Gasteiger partial charge on any atom is -0.395 e. The summed E-state index contributed by atoms with van der Waals surface area (Å²) in [5.41, 5.74) is 1.49. The fourth-order valence-corrected chi connectivity index (χ4v) is 2.42. The first-order chi connectivity index (χ1) is 9.60. The van der Waals surface area contributed by atoms with Crippen LogP contribution in [0.3, 0.4) is 0 Å². The zero-order chi connectivity index (χ0) is 14.5. The van der Waals surface area contributed by atoms with Gasteiger partial charge in [-0.25, -0.2) is 9.97 Å². The van der Waals surface area contributed by atoms with Crippen molar-refractivity contribution in [2.45, 2.75) is 6.42 Å². The highest BCUT2D eigenvalue weighted by molar-refractivity contribution is 6.36. The largest absolute Gasteiger partial charge is 0.395 e. The number of aliphatic hydroxyl groups excluding tert-OH is 1. The summed E-state index contributed by atoms with van der Waals surface area (Å²) in [5, 5.41) is 13.1. The molecule has 4 nitrogen and oxygen atoms in total. The van der Waals surface area contributed by atoms with Crippen molar-refractivity contribution in [3.05, 3.63) is 50.7 Å². The van der Waals surface area contributed by atoms with Crippen LogP contribution < -0.4 is 5.32 Å². The molecule has 0 unspecified atom stereocenters. The van der Waals surface area contributed by atoms with Gasteiger partial charge >= 0.3 is 0 Å². The first kappa shape index (κ1) is 15.3. The number of nitrogens with zero attached hydrogens (tertiary/aromatic N) is 2. The van der Waals surface area contributed by atoms with Crippen molar-refractivity contribution in [1.29, 1.82) is 0 Å². The lowest BCUT2D eigenvalue weighted by Crippen LogP contribution is -2.10. The SMILES string of the molecule is OCCNc1nc(Cl)cc(Cc2c(Cl)cccc2Cl)n1. The number of hydrogen-bond donors (Lipinski definition) is 2. The van der Waals surface area contributed by atoms with Gasteiger partial charge in [-0.05, 0) is 23.8 Å². The molecule has 0 fully saturated rings. The van der Waals surface area contributed by atoms with Gasteiger partial charge in [-0.2, -0.15) is 0 Å². The minimum atomic E-state index is -0.0124. The summed E-state index contributed by atoms with van der Waals surface area (Å²) in [7, 11) is 0. The predicted molar refractivity (Wildman–Crippen MR) is 81.9 cm³/mol. The first-order valence-electron chi connectivity index (χ1n) is 5.91. The second-order valence-corrected chi connectivity index (χ2v) is 5.23. The van der Waals surface area contributed by atoms with Crippen molar-refractivity contribution < 1.29 is 5.11 Å². The van der Waals surface area contributed by atoms with E-state index >= 15 is 0 Å². The lowest BCUT2D eigenvalue weighted by Gasteiger charge is -2.09. The Balaban J connectivity index is 2.27. The number of aromatic nitrogens is 2. The topological polar surface area (TPSA) is 58.0 Å². The summed E-state index contributed by atoms with van der Waals surface area (Å²) in [6.07, 6.45) is 0.453. The molecule has 2 rings (SSSR count). The van der Waals surface area contributed by atoms with Crippen LogP contribution in [0.4, 0.5) is 5.95 Å². The Morgan fingerprint density at radius 2 is 1.80 bits per heavy atom. The van der Waals surface area contributed by atoms with Gasteiger partial charge in [0, 0.05) is 23.0 Å². The van der Waals surface area contributed by atoms with Gasteiger partial charge in [-0.15, -0.1) is 0 Å². The van der Waals surface area contributed by atoms with Gasteiger partial charge in [0.1, 0.15) is 5.15 Å². The Kier molecular flexibility index (Phi) is 5.43. The van der Waals surface area contributed by atoms with Crippen LogP contribution in [0, 0.1) is 0 Å². The molecule has 7 heteroatoms. The Morgan fingerprint density at radius 3 is 2.45 bits per heavy atom. The molecule has 0 aliphatic rings. The van der Waals surface area contributed by atoms with Gasteiger partial charge in [0.2, 0.25) is 5.95 Å². The Hall–Kier alpha value is -1.07. The van der Waals surface area contributed by atoms with E-state index in [0.717, 1.165) is 5.56 Å². The van der Waals surface area contributed by atoms with Crippen LogP contribution in [0.1, 0.15) is 11.3 Å². The van der Waals surface area contributed by atoms with Crippen LogP contribution in [-0.2, 0) is 6.42 Å². The van der Waals surface area contributed by atoms with Crippen molar-refractivity contribution in [3.8, 4) is 0 Å². The van der Waals surface area contributed by atoms with Crippen molar-refractivity contribution in [3.63, 3.8) is 0 Å². The van der Waals surface area contributed by atoms with E-state index in [1.54, 1.807) is 24.3 Å². The monoisotopic (exact) mass is 331 g/mol. The van der Waals surface area contributed by atoms with E-state index in [1.807, 2.05) is 0 Å². The zero-order valence-electron chi connectivity index (χ0n) is 10.4. The number of anilines is 1. The van der Waals surface area contributed by atoms with E-state index in [9.17, 15) is 0 Å². The molecular formula is C13H12Cl3N3O. The molecule has 0 aliphatic heterocycles. The molecule has 1 heterocycles. The maximum atomic E-state index is 8.79. The van der Waals surface area contributed by atoms with Crippen LogP contribution >= 0.6 is 34.8 Å². The van der Waals surface area contributed by atoms with E-state index in [4.69, 9.17) is 39.9 Å². The van der Waals surface area contributed by atoms with Crippen LogP contribution in [0.25, 0.3) is 0 Å². The van der Waals surface area contributed by atoms with Gasteiger partial charge < -0.3 is 10.4 Å². The highest BCUT2D eigenvalue weighted by Crippen LogP contribution is 2.27. The number of rotatable bonds is 5. The molecule has 0 radical (unpaired) electrons. The summed E-state index contributed by atoms with van der Waals surface area (Å²) < 4.78 is 0. The number of hydrogen-bond acceptors (Lipinski definition) is 4. The van der Waals surface area contributed by atoms with Crippen molar-refractivity contribution >= 4 is 40.8 Å². The van der Waals surface area contributed by atoms with Crippen LogP contribution in [0.15, 0.2) is 24.3 Å². The standard InChI is InChI=1S/C13H12Cl3N3O/c14-10-2-1-3-11(15)9(10)6-8-7-12(16)19-13(18-8)17-4-5-20/h1-3,7,20H,4-6H2,(H,17,18,19). The fraction of sp³-hybridized carbons (Fsp3) is 0.231. The third kappa shape index (κ3) is 3.96. The zero-order valence-corrected chi connectivity index (χ0v) is 12.7. The summed E-state index contributed by atoms with van der Waals surface area (Å²) in [5.74, 6) is 0.365. The maximum Gasteiger partial charge on any atom is 0.224 e. The van der Waals surface area contributed by atoms with E-state index in [1.165, 1.54) is 0 Å². The van der Waals surface area contributed by atoms with Crippen molar-refractivity contribution in [2.75, 3.05) is 18.5 Å². The Bertz CT molecular complexity index is 587. The molecule has 2 N–H and O–H groups in total. The number of nitrogens with one attached hydrogen (secondary N) is 1. The van der Waals surface area contributed by atoms with Gasteiger partial charge in [0.05, 0.1) is 12.3 Å². The molecule has 0 bridgehead atoms. The average molecular weight is 333 g/mol. The van der Waals surface area contributed by atoms with Gasteiger partial charge in [0.15, 0.2) is 0 Å². The molecular weight excluding hydrogens is 321 g/mol. The first-order valence-corrected chi connectivity index (χ1v) is 7.04. The molecule has 0 amide bonds. The predicted octanol–water partition coefficient (Wildman–Crippen LogP) is 3.43. The number of benzene rings is 1. The molecule has 20 heavy (non-hydrogen) atoms. The molecule has 106 valence electrons. The van der Waals surface area contributed by atoms with Gasteiger partial charge in [-0.3, -0.25) is 0 Å². The van der Waals surface area contributed by atoms with Crippen molar-refractivity contribution in [2.24, 2.45) is 0 Å². The smallest absolute Gasteiger partial charge is 0.224 e. The second-order valence-electron chi connectivity index (χ2n) is 4.03. The molecule has 0 aliphatic carbocycles. The molecule has 1 aromatic heterocycles. The lowest BCUT2D eigenvalue weighted by atomic mass is 10.1. The molecule has 0 saturated carbocycles. The third-order valence-corrected chi connectivity index (χ3v) is 3.46. The maximum absolute atomic E-state index is 8.79. The molecule has 1 aromatic carbocycles. The number of halogens is 3. The van der Waals surface area contributed by atoms with Gasteiger partial charge in [0.25, 0.3) is 0 Å². The second kappa shape index (κ2) is 7.09. The van der Waals surface area contributed by atoms with Crippen LogP contribution in [0.2, 0.25) is 15.2 Å². The normalized spacial score (nSPS) is 10.6. The fourth-order valence-electron chi connectivity index (χ4n) is 1.68. The molecule has 0 spiro atoms. The quantitative estimate of drug-likeness (QED) is 0.824. The number of aliphatic hydroxyl groups is 1. The van der Waals surface area contributed by atoms with Crippen molar-refractivity contribution in [1.82, 2.24) is 9.97 Å². The third-order valence-electron chi connectivity index (χ3n) is 2.56.